The fraction of sp³-hybridized carbons (Fsp3) is 0.150. The minimum atomic E-state index is -0.384. The highest BCUT2D eigenvalue weighted by Crippen LogP contribution is 2.26. The number of anilines is 1. The topological polar surface area (TPSA) is 85.2 Å². The minimum absolute atomic E-state index is 0.187. The number of benzene rings is 2. The molecular weight excluding hydrogens is 415 g/mol. The number of carbonyl (C=O) groups excluding carboxylic acids is 2. The van der Waals surface area contributed by atoms with Crippen molar-refractivity contribution in [2.24, 2.45) is 0 Å². The quantitative estimate of drug-likeness (QED) is 0.596. The van der Waals surface area contributed by atoms with Crippen molar-refractivity contribution in [1.82, 2.24) is 15.1 Å². The second-order valence-corrected chi connectivity index (χ2v) is 6.83. The van der Waals surface area contributed by atoms with Crippen LogP contribution in [0.5, 0.6) is 5.75 Å². The van der Waals surface area contributed by atoms with Gasteiger partial charge in [0, 0.05) is 11.6 Å². The summed E-state index contributed by atoms with van der Waals surface area (Å²) >= 11 is 12.3. The monoisotopic (exact) mass is 432 g/mol. The summed E-state index contributed by atoms with van der Waals surface area (Å²) < 4.78 is 6.64. The van der Waals surface area contributed by atoms with Gasteiger partial charge in [0.2, 0.25) is 5.91 Å². The van der Waals surface area contributed by atoms with Crippen LogP contribution >= 0.6 is 23.2 Å². The Bertz CT molecular complexity index is 1020. The fourth-order valence-electron chi connectivity index (χ4n) is 2.59. The Kier molecular flexibility index (Phi) is 6.74. The third-order valence-electron chi connectivity index (χ3n) is 4.10. The third-order valence-corrected chi connectivity index (χ3v) is 4.96. The Morgan fingerprint density at radius 3 is 2.59 bits per heavy atom. The number of nitrogens with one attached hydrogen (secondary N) is 2. The van der Waals surface area contributed by atoms with Gasteiger partial charge in [-0.2, -0.15) is 5.10 Å². The summed E-state index contributed by atoms with van der Waals surface area (Å²) in [6, 6.07) is 13.6. The third kappa shape index (κ3) is 5.28. The van der Waals surface area contributed by atoms with E-state index >= 15 is 0 Å². The van der Waals surface area contributed by atoms with Gasteiger partial charge in [-0.3, -0.25) is 9.59 Å². The summed E-state index contributed by atoms with van der Waals surface area (Å²) in [6.45, 7) is 0.147. The number of methoxy groups -OCH3 is 1. The van der Waals surface area contributed by atoms with E-state index in [9.17, 15) is 9.59 Å². The van der Waals surface area contributed by atoms with Crippen molar-refractivity contribution in [3.63, 3.8) is 0 Å². The fourth-order valence-corrected chi connectivity index (χ4v) is 2.97. The summed E-state index contributed by atoms with van der Waals surface area (Å²) in [5.41, 5.74) is 1.20. The Labute approximate surface area is 177 Å². The van der Waals surface area contributed by atoms with Crippen molar-refractivity contribution in [1.29, 1.82) is 0 Å². The first-order chi connectivity index (χ1) is 14.0. The predicted octanol–water partition coefficient (Wildman–Crippen LogP) is 3.62. The molecule has 0 saturated carbocycles. The lowest BCUT2D eigenvalue weighted by molar-refractivity contribution is -0.115. The molecule has 29 heavy (non-hydrogen) atoms. The smallest absolute Gasteiger partial charge is 0.251 e. The molecule has 2 aromatic carbocycles. The predicted molar refractivity (Wildman–Crippen MR) is 112 cm³/mol. The zero-order chi connectivity index (χ0) is 20.8. The van der Waals surface area contributed by atoms with E-state index in [4.69, 9.17) is 27.9 Å². The molecule has 7 nitrogen and oxygen atoms in total. The normalized spacial score (nSPS) is 10.4. The Balaban J connectivity index is 1.58. The van der Waals surface area contributed by atoms with Crippen molar-refractivity contribution >= 4 is 40.8 Å². The molecule has 3 rings (SSSR count). The van der Waals surface area contributed by atoms with Gasteiger partial charge in [-0.1, -0.05) is 35.3 Å². The summed E-state index contributed by atoms with van der Waals surface area (Å²) in [7, 11) is 1.55. The number of hydrogen-bond acceptors (Lipinski definition) is 4. The standard InChI is InChI=1S/C20H18Cl2N4O3/c1-29-15-7-5-13(6-8-15)20(28)23-11-18(27)25-17-9-10-24-26(17)12-14-3-2-4-16(21)19(14)22/h2-10H,11-12H2,1H3,(H,23,28)(H,25,27). The molecule has 2 amide bonds. The Hall–Kier alpha value is -3.03. The first-order valence-electron chi connectivity index (χ1n) is 8.64. The van der Waals surface area contributed by atoms with E-state index < -0.39 is 0 Å². The van der Waals surface area contributed by atoms with Gasteiger partial charge in [0.1, 0.15) is 11.6 Å². The van der Waals surface area contributed by atoms with Crippen LogP contribution in [0.25, 0.3) is 0 Å². The Morgan fingerprint density at radius 2 is 1.86 bits per heavy atom. The van der Waals surface area contributed by atoms with Gasteiger partial charge < -0.3 is 15.4 Å². The van der Waals surface area contributed by atoms with Crippen LogP contribution in [0.4, 0.5) is 5.82 Å². The van der Waals surface area contributed by atoms with Crippen molar-refractivity contribution in [3.8, 4) is 5.75 Å². The highest BCUT2D eigenvalue weighted by Gasteiger charge is 2.12. The zero-order valence-corrected chi connectivity index (χ0v) is 17.0. The van der Waals surface area contributed by atoms with E-state index in [0.29, 0.717) is 33.7 Å². The molecule has 3 aromatic rings. The number of ether oxygens (including phenoxy) is 1. The molecule has 0 atom stereocenters. The lowest BCUT2D eigenvalue weighted by Gasteiger charge is -2.11. The number of rotatable bonds is 7. The SMILES string of the molecule is COc1ccc(C(=O)NCC(=O)Nc2ccnn2Cc2cccc(Cl)c2Cl)cc1. The molecule has 0 aliphatic carbocycles. The molecule has 0 aliphatic heterocycles. The van der Waals surface area contributed by atoms with Crippen molar-refractivity contribution < 1.29 is 14.3 Å². The number of hydrogen-bond donors (Lipinski definition) is 2. The molecule has 0 unspecified atom stereocenters. The molecule has 1 heterocycles. The van der Waals surface area contributed by atoms with Crippen molar-refractivity contribution in [3.05, 3.63) is 75.9 Å². The molecule has 150 valence electrons. The van der Waals surface area contributed by atoms with E-state index in [1.807, 2.05) is 6.07 Å². The van der Waals surface area contributed by atoms with Crippen LogP contribution in [0.1, 0.15) is 15.9 Å². The molecular formula is C20H18Cl2N4O3. The van der Waals surface area contributed by atoms with Crippen LogP contribution in [0, 0.1) is 0 Å². The van der Waals surface area contributed by atoms with Crippen LogP contribution in [0.3, 0.4) is 0 Å². The number of carbonyl (C=O) groups is 2. The van der Waals surface area contributed by atoms with Crippen LogP contribution in [0.2, 0.25) is 10.0 Å². The molecule has 0 radical (unpaired) electrons. The average Bonchev–Trinajstić information content (AvgIpc) is 3.16. The number of halogens is 2. The maximum atomic E-state index is 12.2. The van der Waals surface area contributed by atoms with Crippen molar-refractivity contribution in [2.75, 3.05) is 19.0 Å². The number of aromatic nitrogens is 2. The van der Waals surface area contributed by atoms with Crippen LogP contribution in [0.15, 0.2) is 54.7 Å². The van der Waals surface area contributed by atoms with Gasteiger partial charge in [0.05, 0.1) is 36.4 Å². The average molecular weight is 433 g/mol. The van der Waals surface area contributed by atoms with Gasteiger partial charge >= 0.3 is 0 Å². The van der Waals surface area contributed by atoms with Gasteiger partial charge in [-0.15, -0.1) is 0 Å². The van der Waals surface area contributed by atoms with Gasteiger partial charge in [-0.05, 0) is 35.9 Å². The van der Waals surface area contributed by atoms with E-state index in [0.717, 1.165) is 5.56 Å². The maximum Gasteiger partial charge on any atom is 0.251 e. The molecule has 1 aromatic heterocycles. The van der Waals surface area contributed by atoms with E-state index in [1.54, 1.807) is 60.5 Å². The first kappa shape index (κ1) is 20.7. The molecule has 0 spiro atoms. The summed E-state index contributed by atoms with van der Waals surface area (Å²) in [5, 5.41) is 10.4. The van der Waals surface area contributed by atoms with Crippen LogP contribution in [-0.4, -0.2) is 35.2 Å². The molecule has 0 aliphatic rings. The molecule has 0 bridgehead atoms. The number of nitrogens with zero attached hydrogens (tertiary/aromatic N) is 2. The lowest BCUT2D eigenvalue weighted by Crippen LogP contribution is -2.33. The van der Waals surface area contributed by atoms with Gasteiger partial charge in [0.15, 0.2) is 0 Å². The second kappa shape index (κ2) is 9.45. The molecule has 2 N–H and O–H groups in total. The van der Waals surface area contributed by atoms with Gasteiger partial charge in [-0.25, -0.2) is 4.68 Å². The zero-order valence-electron chi connectivity index (χ0n) is 15.5. The maximum absolute atomic E-state index is 12.2. The highest BCUT2D eigenvalue weighted by molar-refractivity contribution is 6.42. The van der Waals surface area contributed by atoms with Gasteiger partial charge in [0.25, 0.3) is 5.91 Å². The van der Waals surface area contributed by atoms with Crippen LogP contribution < -0.4 is 15.4 Å². The largest absolute Gasteiger partial charge is 0.497 e. The second-order valence-electron chi connectivity index (χ2n) is 6.05. The summed E-state index contributed by atoms with van der Waals surface area (Å²) in [6.07, 6.45) is 1.56. The van der Waals surface area contributed by atoms with E-state index in [1.165, 1.54) is 0 Å². The minimum Gasteiger partial charge on any atom is -0.497 e. The first-order valence-corrected chi connectivity index (χ1v) is 9.40. The highest BCUT2D eigenvalue weighted by atomic mass is 35.5. The molecule has 9 heteroatoms. The van der Waals surface area contributed by atoms with Crippen LogP contribution in [-0.2, 0) is 11.3 Å². The number of amides is 2. The Morgan fingerprint density at radius 1 is 1.10 bits per heavy atom. The van der Waals surface area contributed by atoms with E-state index in [2.05, 4.69) is 15.7 Å². The van der Waals surface area contributed by atoms with E-state index in [-0.39, 0.29) is 18.4 Å². The van der Waals surface area contributed by atoms with Crippen molar-refractivity contribution in [2.45, 2.75) is 6.54 Å². The molecule has 0 saturated heterocycles. The lowest BCUT2D eigenvalue weighted by atomic mass is 10.2. The molecule has 0 fully saturated rings. The summed E-state index contributed by atoms with van der Waals surface area (Å²) in [5.74, 6) is 0.380. The summed E-state index contributed by atoms with van der Waals surface area (Å²) in [4.78, 5) is 24.4.